The minimum absolute atomic E-state index is 0.0814. The molecule has 1 aromatic rings. The van der Waals surface area contributed by atoms with Crippen molar-refractivity contribution < 1.29 is 4.79 Å². The number of pyridine rings is 1. The van der Waals surface area contributed by atoms with Gasteiger partial charge < -0.3 is 15.1 Å². The number of carbonyl (C=O) groups is 1. The highest BCUT2D eigenvalue weighted by atomic mass is 16.2. The Bertz CT molecular complexity index is 489. The number of hydrogen-bond donors (Lipinski definition) is 1. The van der Waals surface area contributed by atoms with Gasteiger partial charge in [0, 0.05) is 38.1 Å². The Morgan fingerprint density at radius 1 is 1.48 bits per heavy atom. The van der Waals surface area contributed by atoms with Crippen LogP contribution in [0.25, 0.3) is 0 Å². The Balaban J connectivity index is 2.14. The molecule has 0 saturated carbocycles. The summed E-state index contributed by atoms with van der Waals surface area (Å²) in [4.78, 5) is 21.0. The zero-order valence-electron chi connectivity index (χ0n) is 13.5. The van der Waals surface area contributed by atoms with E-state index >= 15 is 0 Å². The van der Waals surface area contributed by atoms with Crippen molar-refractivity contribution >= 4 is 11.6 Å². The highest BCUT2D eigenvalue weighted by Gasteiger charge is 2.34. The molecule has 0 spiro atoms. The van der Waals surface area contributed by atoms with Crippen molar-refractivity contribution in [1.29, 1.82) is 0 Å². The number of likely N-dealkylation sites (N-methyl/N-ethyl adjacent to an activating group) is 1. The molecule has 1 amide bonds. The van der Waals surface area contributed by atoms with Crippen LogP contribution in [-0.2, 0) is 0 Å². The van der Waals surface area contributed by atoms with E-state index in [-0.39, 0.29) is 5.91 Å². The van der Waals surface area contributed by atoms with Crippen molar-refractivity contribution in [3.05, 3.63) is 24.0 Å². The third kappa shape index (κ3) is 3.53. The SMILES string of the molecule is CCCNc1ccncc1C(=O)N1CC(C)C(N(C)C)C1. The van der Waals surface area contributed by atoms with Crippen molar-refractivity contribution in [1.82, 2.24) is 14.8 Å². The first-order chi connectivity index (χ1) is 10.0. The molecule has 1 N–H and O–H groups in total. The summed E-state index contributed by atoms with van der Waals surface area (Å²) in [5.41, 5.74) is 1.57. The van der Waals surface area contributed by atoms with Gasteiger partial charge in [-0.25, -0.2) is 0 Å². The van der Waals surface area contributed by atoms with Gasteiger partial charge in [-0.05, 0) is 32.5 Å². The summed E-state index contributed by atoms with van der Waals surface area (Å²) >= 11 is 0. The van der Waals surface area contributed by atoms with Crippen LogP contribution in [0.2, 0.25) is 0 Å². The third-order valence-electron chi connectivity index (χ3n) is 4.14. The zero-order chi connectivity index (χ0) is 15.4. The number of hydrogen-bond acceptors (Lipinski definition) is 4. The predicted molar refractivity (Wildman–Crippen MR) is 85.6 cm³/mol. The van der Waals surface area contributed by atoms with Crippen molar-refractivity contribution in [2.24, 2.45) is 5.92 Å². The van der Waals surface area contributed by atoms with Gasteiger partial charge in [-0.15, -0.1) is 0 Å². The number of likely N-dealkylation sites (tertiary alicyclic amines) is 1. The van der Waals surface area contributed by atoms with Gasteiger partial charge in [0.2, 0.25) is 0 Å². The maximum atomic E-state index is 12.8. The highest BCUT2D eigenvalue weighted by Crippen LogP contribution is 2.24. The molecule has 5 heteroatoms. The zero-order valence-corrected chi connectivity index (χ0v) is 13.5. The summed E-state index contributed by atoms with van der Waals surface area (Å²) < 4.78 is 0. The Morgan fingerprint density at radius 2 is 2.24 bits per heavy atom. The van der Waals surface area contributed by atoms with Crippen LogP contribution >= 0.6 is 0 Å². The predicted octanol–water partition coefficient (Wildman–Crippen LogP) is 1.93. The van der Waals surface area contributed by atoms with Crippen LogP contribution in [0, 0.1) is 5.92 Å². The quantitative estimate of drug-likeness (QED) is 0.900. The molecule has 2 atom stereocenters. The molecule has 2 rings (SSSR count). The van der Waals surface area contributed by atoms with Crippen LogP contribution in [0.5, 0.6) is 0 Å². The van der Waals surface area contributed by atoms with E-state index in [1.807, 2.05) is 11.0 Å². The second-order valence-corrected chi connectivity index (χ2v) is 6.07. The molecule has 0 aliphatic carbocycles. The van der Waals surface area contributed by atoms with Crippen LogP contribution < -0.4 is 5.32 Å². The summed E-state index contributed by atoms with van der Waals surface area (Å²) in [6.07, 6.45) is 4.43. The normalized spacial score (nSPS) is 21.9. The molecule has 116 valence electrons. The minimum Gasteiger partial charge on any atom is -0.384 e. The lowest BCUT2D eigenvalue weighted by Crippen LogP contribution is -2.36. The van der Waals surface area contributed by atoms with Crippen LogP contribution in [0.1, 0.15) is 30.6 Å². The first kappa shape index (κ1) is 15.8. The molecule has 1 aliphatic rings. The smallest absolute Gasteiger partial charge is 0.257 e. The van der Waals surface area contributed by atoms with E-state index in [0.29, 0.717) is 17.5 Å². The van der Waals surface area contributed by atoms with Gasteiger partial charge >= 0.3 is 0 Å². The van der Waals surface area contributed by atoms with Crippen LogP contribution in [0.3, 0.4) is 0 Å². The number of anilines is 1. The molecule has 1 fully saturated rings. The van der Waals surface area contributed by atoms with E-state index in [1.54, 1.807) is 12.4 Å². The Kier molecular flexibility index (Phi) is 5.17. The first-order valence-corrected chi connectivity index (χ1v) is 7.68. The fraction of sp³-hybridized carbons (Fsp3) is 0.625. The molecule has 0 bridgehead atoms. The van der Waals surface area contributed by atoms with Crippen molar-refractivity contribution in [2.75, 3.05) is 39.0 Å². The number of aromatic nitrogens is 1. The Labute approximate surface area is 127 Å². The van der Waals surface area contributed by atoms with Gasteiger partial charge in [-0.2, -0.15) is 0 Å². The maximum Gasteiger partial charge on any atom is 0.257 e. The van der Waals surface area contributed by atoms with E-state index < -0.39 is 0 Å². The largest absolute Gasteiger partial charge is 0.384 e. The lowest BCUT2D eigenvalue weighted by molar-refractivity contribution is 0.0782. The number of carbonyl (C=O) groups excluding carboxylic acids is 1. The van der Waals surface area contributed by atoms with E-state index in [4.69, 9.17) is 0 Å². The van der Waals surface area contributed by atoms with E-state index in [0.717, 1.165) is 31.7 Å². The standard InChI is InChI=1S/C16H26N4O/c1-5-7-18-14-6-8-17-9-13(14)16(21)20-10-12(2)15(11-20)19(3)4/h6,8-9,12,15H,5,7,10-11H2,1-4H3,(H,17,18). The van der Waals surface area contributed by atoms with Crippen LogP contribution in [0.4, 0.5) is 5.69 Å². The first-order valence-electron chi connectivity index (χ1n) is 7.68. The van der Waals surface area contributed by atoms with Crippen LogP contribution in [-0.4, -0.2) is 60.5 Å². The molecule has 2 unspecified atom stereocenters. The van der Waals surface area contributed by atoms with Gasteiger partial charge in [0.15, 0.2) is 0 Å². The van der Waals surface area contributed by atoms with E-state index in [2.05, 4.69) is 43.1 Å². The molecule has 1 aromatic heterocycles. The molecule has 1 saturated heterocycles. The average molecular weight is 290 g/mol. The van der Waals surface area contributed by atoms with Gasteiger partial charge in [0.05, 0.1) is 11.3 Å². The summed E-state index contributed by atoms with van der Waals surface area (Å²) in [6, 6.07) is 2.31. The lowest BCUT2D eigenvalue weighted by Gasteiger charge is -2.22. The second-order valence-electron chi connectivity index (χ2n) is 6.07. The second kappa shape index (κ2) is 6.89. The van der Waals surface area contributed by atoms with Gasteiger partial charge in [-0.3, -0.25) is 9.78 Å². The molecule has 0 aromatic carbocycles. The molecule has 0 radical (unpaired) electrons. The fourth-order valence-corrected chi connectivity index (χ4v) is 2.94. The molecular weight excluding hydrogens is 264 g/mol. The molecule has 1 aliphatic heterocycles. The monoisotopic (exact) mass is 290 g/mol. The summed E-state index contributed by atoms with van der Waals surface area (Å²) in [5, 5.41) is 3.31. The number of nitrogens with one attached hydrogen (secondary N) is 1. The van der Waals surface area contributed by atoms with Crippen molar-refractivity contribution in [3.63, 3.8) is 0 Å². The van der Waals surface area contributed by atoms with Gasteiger partial charge in [0.25, 0.3) is 5.91 Å². The van der Waals surface area contributed by atoms with Gasteiger partial charge in [-0.1, -0.05) is 13.8 Å². The highest BCUT2D eigenvalue weighted by molar-refractivity contribution is 5.99. The van der Waals surface area contributed by atoms with Crippen molar-refractivity contribution in [2.45, 2.75) is 26.3 Å². The fourth-order valence-electron chi connectivity index (χ4n) is 2.94. The lowest BCUT2D eigenvalue weighted by atomic mass is 10.1. The summed E-state index contributed by atoms with van der Waals surface area (Å²) in [5.74, 6) is 0.575. The maximum absolute atomic E-state index is 12.8. The summed E-state index contributed by atoms with van der Waals surface area (Å²) in [6.45, 7) is 6.77. The van der Waals surface area contributed by atoms with Gasteiger partial charge in [0.1, 0.15) is 0 Å². The summed E-state index contributed by atoms with van der Waals surface area (Å²) in [7, 11) is 4.15. The van der Waals surface area contributed by atoms with E-state index in [9.17, 15) is 4.79 Å². The molecule has 21 heavy (non-hydrogen) atoms. The number of amides is 1. The third-order valence-corrected chi connectivity index (χ3v) is 4.14. The Morgan fingerprint density at radius 3 is 2.86 bits per heavy atom. The molecular formula is C16H26N4O. The molecule has 2 heterocycles. The average Bonchev–Trinajstić information content (AvgIpc) is 2.87. The molecule has 5 nitrogen and oxygen atoms in total. The van der Waals surface area contributed by atoms with Crippen molar-refractivity contribution in [3.8, 4) is 0 Å². The number of rotatable bonds is 5. The topological polar surface area (TPSA) is 48.5 Å². The van der Waals surface area contributed by atoms with Crippen LogP contribution in [0.15, 0.2) is 18.5 Å². The van der Waals surface area contributed by atoms with E-state index in [1.165, 1.54) is 0 Å². The minimum atomic E-state index is 0.0814. The Hall–Kier alpha value is -1.62. The number of nitrogens with zero attached hydrogens (tertiary/aromatic N) is 3.